The van der Waals surface area contributed by atoms with E-state index in [0.717, 1.165) is 5.56 Å². The lowest BCUT2D eigenvalue weighted by molar-refractivity contribution is 0.0927. The van der Waals surface area contributed by atoms with E-state index >= 15 is 0 Å². The van der Waals surface area contributed by atoms with Gasteiger partial charge in [0.1, 0.15) is 5.82 Å². The maximum atomic E-state index is 12.7. The fourth-order valence-electron chi connectivity index (χ4n) is 1.35. The van der Waals surface area contributed by atoms with Crippen molar-refractivity contribution in [2.75, 3.05) is 0 Å². The predicted octanol–water partition coefficient (Wildman–Crippen LogP) is 2.57. The molecule has 0 fully saturated rings. The normalized spacial score (nSPS) is 11.3. The molecule has 1 heterocycles. The number of hydrogen-bond acceptors (Lipinski definition) is 3. The highest BCUT2D eigenvalue weighted by molar-refractivity contribution is 6.00. The Morgan fingerprint density at radius 2 is 2.00 bits per heavy atom. The number of furan rings is 1. The third kappa shape index (κ3) is 2.82. The molecule has 0 saturated heterocycles. The quantitative estimate of drug-likeness (QED) is 0.668. The van der Waals surface area contributed by atoms with Crippen molar-refractivity contribution in [2.24, 2.45) is 5.10 Å². The molecule has 92 valence electrons. The van der Waals surface area contributed by atoms with Crippen molar-refractivity contribution >= 4 is 11.6 Å². The summed E-state index contributed by atoms with van der Waals surface area (Å²) in [5.41, 5.74) is 3.67. The van der Waals surface area contributed by atoms with Crippen LogP contribution in [0.4, 0.5) is 4.39 Å². The van der Waals surface area contributed by atoms with Gasteiger partial charge in [0.25, 0.3) is 0 Å². The molecule has 2 aromatic rings. The Hall–Kier alpha value is -2.43. The monoisotopic (exact) mass is 246 g/mol. The van der Waals surface area contributed by atoms with Crippen molar-refractivity contribution in [3.8, 4) is 0 Å². The Kier molecular flexibility index (Phi) is 3.52. The second-order valence-corrected chi connectivity index (χ2v) is 3.62. The van der Waals surface area contributed by atoms with Crippen LogP contribution in [-0.4, -0.2) is 11.6 Å². The molecule has 18 heavy (non-hydrogen) atoms. The average Bonchev–Trinajstić information content (AvgIpc) is 2.90. The van der Waals surface area contributed by atoms with Crippen LogP contribution >= 0.6 is 0 Å². The molecule has 0 saturated carbocycles. The van der Waals surface area contributed by atoms with Crippen LogP contribution < -0.4 is 5.43 Å². The smallest absolute Gasteiger partial charge is 0.307 e. The molecular weight excluding hydrogens is 235 g/mol. The number of carbonyl (C=O) groups is 1. The summed E-state index contributed by atoms with van der Waals surface area (Å²) in [6.07, 6.45) is 1.41. The van der Waals surface area contributed by atoms with Crippen LogP contribution in [0.1, 0.15) is 23.0 Å². The van der Waals surface area contributed by atoms with Gasteiger partial charge in [-0.25, -0.2) is 9.82 Å². The lowest BCUT2D eigenvalue weighted by Gasteiger charge is -2.01. The van der Waals surface area contributed by atoms with Gasteiger partial charge in [-0.05, 0) is 36.8 Å². The topological polar surface area (TPSA) is 54.6 Å². The molecule has 0 aliphatic heterocycles. The first-order valence-corrected chi connectivity index (χ1v) is 5.31. The number of halogens is 1. The molecule has 0 aliphatic rings. The number of nitrogens with one attached hydrogen (secondary N) is 1. The first kappa shape index (κ1) is 12.0. The highest BCUT2D eigenvalue weighted by atomic mass is 19.1. The fourth-order valence-corrected chi connectivity index (χ4v) is 1.35. The number of amides is 1. The number of nitrogens with zero attached hydrogens (tertiary/aromatic N) is 1. The third-order valence-corrected chi connectivity index (χ3v) is 2.33. The van der Waals surface area contributed by atoms with Crippen LogP contribution in [0.5, 0.6) is 0 Å². The highest BCUT2D eigenvalue weighted by Gasteiger charge is 2.07. The van der Waals surface area contributed by atoms with E-state index in [2.05, 4.69) is 10.5 Å². The predicted molar refractivity (Wildman–Crippen MR) is 64.8 cm³/mol. The molecule has 5 heteroatoms. The zero-order chi connectivity index (χ0) is 13.0. The highest BCUT2D eigenvalue weighted by Crippen LogP contribution is 2.04. The number of benzene rings is 1. The molecular formula is C13H11FN2O2. The SMILES string of the molecule is CC(=NNC(=O)c1ccco1)c1ccc(F)cc1. The summed E-state index contributed by atoms with van der Waals surface area (Å²) in [7, 11) is 0. The van der Waals surface area contributed by atoms with Gasteiger partial charge in [0.05, 0.1) is 12.0 Å². The van der Waals surface area contributed by atoms with Crippen molar-refractivity contribution in [2.45, 2.75) is 6.92 Å². The summed E-state index contributed by atoms with van der Waals surface area (Å²) < 4.78 is 17.6. The molecule has 1 N–H and O–H groups in total. The number of hydrazone groups is 1. The molecule has 1 amide bonds. The molecule has 0 unspecified atom stereocenters. The van der Waals surface area contributed by atoms with E-state index in [-0.39, 0.29) is 11.6 Å². The zero-order valence-corrected chi connectivity index (χ0v) is 9.68. The van der Waals surface area contributed by atoms with Crippen LogP contribution in [0.15, 0.2) is 52.2 Å². The Balaban J connectivity index is 2.05. The molecule has 1 aromatic heterocycles. The van der Waals surface area contributed by atoms with Crippen molar-refractivity contribution in [1.82, 2.24) is 5.43 Å². The van der Waals surface area contributed by atoms with E-state index in [1.807, 2.05) is 0 Å². The van der Waals surface area contributed by atoms with Crippen LogP contribution in [0.3, 0.4) is 0 Å². The minimum atomic E-state index is -0.429. The van der Waals surface area contributed by atoms with E-state index in [0.29, 0.717) is 5.71 Å². The van der Waals surface area contributed by atoms with E-state index in [1.54, 1.807) is 25.1 Å². The molecule has 0 aliphatic carbocycles. The minimum absolute atomic E-state index is 0.186. The number of rotatable bonds is 3. The average molecular weight is 246 g/mol. The van der Waals surface area contributed by atoms with Gasteiger partial charge in [0.2, 0.25) is 0 Å². The molecule has 0 radical (unpaired) electrons. The van der Waals surface area contributed by atoms with E-state index in [1.165, 1.54) is 24.5 Å². The number of hydrogen-bond donors (Lipinski definition) is 1. The Labute approximate surface area is 103 Å². The molecule has 1 aromatic carbocycles. The van der Waals surface area contributed by atoms with Crippen LogP contribution in [-0.2, 0) is 0 Å². The Morgan fingerprint density at radius 1 is 1.28 bits per heavy atom. The molecule has 0 atom stereocenters. The van der Waals surface area contributed by atoms with E-state index in [9.17, 15) is 9.18 Å². The number of carbonyl (C=O) groups excluding carboxylic acids is 1. The van der Waals surface area contributed by atoms with Crippen molar-refractivity contribution in [3.05, 3.63) is 59.8 Å². The van der Waals surface area contributed by atoms with Gasteiger partial charge >= 0.3 is 5.91 Å². The summed E-state index contributed by atoms with van der Waals surface area (Å²) in [4.78, 5) is 11.5. The van der Waals surface area contributed by atoms with Gasteiger partial charge in [-0.1, -0.05) is 12.1 Å². The lowest BCUT2D eigenvalue weighted by atomic mass is 10.1. The maximum Gasteiger partial charge on any atom is 0.307 e. The van der Waals surface area contributed by atoms with Gasteiger partial charge in [-0.3, -0.25) is 4.79 Å². The molecule has 0 spiro atoms. The lowest BCUT2D eigenvalue weighted by Crippen LogP contribution is -2.18. The van der Waals surface area contributed by atoms with Gasteiger partial charge in [-0.15, -0.1) is 0 Å². The molecule has 0 bridgehead atoms. The van der Waals surface area contributed by atoms with Gasteiger partial charge in [0.15, 0.2) is 5.76 Å². The van der Waals surface area contributed by atoms with Gasteiger partial charge in [0, 0.05) is 0 Å². The summed E-state index contributed by atoms with van der Waals surface area (Å²) in [5.74, 6) is -0.557. The minimum Gasteiger partial charge on any atom is -0.459 e. The third-order valence-electron chi connectivity index (χ3n) is 2.33. The van der Waals surface area contributed by atoms with Crippen LogP contribution in [0.25, 0.3) is 0 Å². The second kappa shape index (κ2) is 5.27. The summed E-state index contributed by atoms with van der Waals surface area (Å²) in [6, 6.07) is 9.01. The van der Waals surface area contributed by atoms with Gasteiger partial charge in [-0.2, -0.15) is 5.10 Å². The summed E-state index contributed by atoms with van der Waals surface area (Å²) in [6.45, 7) is 1.72. The summed E-state index contributed by atoms with van der Waals surface area (Å²) in [5, 5.41) is 3.91. The van der Waals surface area contributed by atoms with Crippen molar-refractivity contribution in [1.29, 1.82) is 0 Å². The van der Waals surface area contributed by atoms with Crippen molar-refractivity contribution < 1.29 is 13.6 Å². The largest absolute Gasteiger partial charge is 0.459 e. The van der Waals surface area contributed by atoms with Crippen molar-refractivity contribution in [3.63, 3.8) is 0 Å². The first-order valence-electron chi connectivity index (χ1n) is 5.31. The van der Waals surface area contributed by atoms with E-state index < -0.39 is 5.91 Å². The van der Waals surface area contributed by atoms with Crippen LogP contribution in [0.2, 0.25) is 0 Å². The zero-order valence-electron chi connectivity index (χ0n) is 9.68. The fraction of sp³-hybridized carbons (Fsp3) is 0.0769. The molecule has 4 nitrogen and oxygen atoms in total. The van der Waals surface area contributed by atoms with Gasteiger partial charge < -0.3 is 4.42 Å². The summed E-state index contributed by atoms with van der Waals surface area (Å²) >= 11 is 0. The standard InChI is InChI=1S/C13H11FN2O2/c1-9(10-4-6-11(14)7-5-10)15-16-13(17)12-3-2-8-18-12/h2-8H,1H3,(H,16,17). The maximum absolute atomic E-state index is 12.7. The first-order chi connectivity index (χ1) is 8.66. The Bertz CT molecular complexity index is 559. The second-order valence-electron chi connectivity index (χ2n) is 3.62. The van der Waals surface area contributed by atoms with Crippen LogP contribution in [0, 0.1) is 5.82 Å². The van der Waals surface area contributed by atoms with E-state index in [4.69, 9.17) is 4.42 Å². The Morgan fingerprint density at radius 3 is 2.61 bits per heavy atom. The molecule has 2 rings (SSSR count).